The van der Waals surface area contributed by atoms with Gasteiger partial charge in [-0.1, -0.05) is 30.3 Å². The Labute approximate surface area is 165 Å². The summed E-state index contributed by atoms with van der Waals surface area (Å²) in [6.07, 6.45) is 2.41. The summed E-state index contributed by atoms with van der Waals surface area (Å²) in [5, 5.41) is 6.23. The van der Waals surface area contributed by atoms with Crippen LogP contribution < -0.4 is 15.4 Å². The number of aryl methyl sites for hydroxylation is 1. The second kappa shape index (κ2) is 9.04. The van der Waals surface area contributed by atoms with Crippen molar-refractivity contribution in [2.75, 3.05) is 24.3 Å². The Bertz CT molecular complexity index is 952. The van der Waals surface area contributed by atoms with Crippen molar-refractivity contribution in [1.29, 1.82) is 0 Å². The molecule has 0 fully saturated rings. The van der Waals surface area contributed by atoms with E-state index in [0.717, 1.165) is 46.9 Å². The van der Waals surface area contributed by atoms with Crippen molar-refractivity contribution in [3.8, 4) is 5.75 Å². The monoisotopic (exact) mass is 375 g/mol. The molecule has 0 aliphatic carbocycles. The van der Waals surface area contributed by atoms with E-state index in [0.29, 0.717) is 5.56 Å². The summed E-state index contributed by atoms with van der Waals surface area (Å²) in [6.45, 7) is 4.75. The van der Waals surface area contributed by atoms with Crippen LogP contribution in [-0.2, 0) is 6.42 Å². The highest BCUT2D eigenvalue weighted by atomic mass is 16.5. The highest BCUT2D eigenvalue weighted by Crippen LogP contribution is 2.20. The molecule has 2 aromatic carbocycles. The van der Waals surface area contributed by atoms with E-state index in [1.807, 2.05) is 56.3 Å². The van der Waals surface area contributed by atoms with Crippen molar-refractivity contribution in [2.24, 2.45) is 0 Å². The lowest BCUT2D eigenvalue weighted by atomic mass is 10.1. The highest BCUT2D eigenvalue weighted by molar-refractivity contribution is 6.04. The molecular weight excluding hydrogens is 350 g/mol. The van der Waals surface area contributed by atoms with Crippen molar-refractivity contribution in [3.05, 3.63) is 83.0 Å². The second-order valence-corrected chi connectivity index (χ2v) is 6.62. The summed E-state index contributed by atoms with van der Waals surface area (Å²) in [7, 11) is 1.68. The molecule has 0 aliphatic heterocycles. The second-order valence-electron chi connectivity index (χ2n) is 6.62. The number of carbonyl (C=O) groups is 1. The van der Waals surface area contributed by atoms with Gasteiger partial charge in [-0.25, -0.2) is 4.98 Å². The van der Waals surface area contributed by atoms with Crippen LogP contribution in [0.5, 0.6) is 5.75 Å². The minimum absolute atomic E-state index is 0.165. The number of benzene rings is 2. The zero-order chi connectivity index (χ0) is 19.9. The summed E-state index contributed by atoms with van der Waals surface area (Å²) >= 11 is 0. The first-order valence-corrected chi connectivity index (χ1v) is 9.28. The van der Waals surface area contributed by atoms with Gasteiger partial charge in [0.25, 0.3) is 5.91 Å². The molecule has 0 spiro atoms. The fraction of sp³-hybridized carbons (Fsp3) is 0.217. The molecule has 5 heteroatoms. The number of hydrogen-bond acceptors (Lipinski definition) is 4. The van der Waals surface area contributed by atoms with Crippen LogP contribution >= 0.6 is 0 Å². The third-order valence-corrected chi connectivity index (χ3v) is 4.77. The predicted molar refractivity (Wildman–Crippen MR) is 113 cm³/mol. The van der Waals surface area contributed by atoms with Gasteiger partial charge < -0.3 is 15.4 Å². The molecule has 0 saturated carbocycles. The molecule has 28 heavy (non-hydrogen) atoms. The largest absolute Gasteiger partial charge is 0.496 e. The standard InChI is InChI=1S/C23H25N3O2/c1-16-7-6-9-20(17(16)2)26-23(27)19-11-12-22(25-15-19)24-14-13-18-8-4-5-10-21(18)28-3/h4-12,15H,13-14H2,1-3H3,(H,24,25)(H,26,27). The normalized spacial score (nSPS) is 10.4. The van der Waals surface area contributed by atoms with Crippen molar-refractivity contribution in [2.45, 2.75) is 20.3 Å². The summed E-state index contributed by atoms with van der Waals surface area (Å²) in [6, 6.07) is 17.4. The van der Waals surface area contributed by atoms with Crippen molar-refractivity contribution < 1.29 is 9.53 Å². The molecule has 0 aliphatic rings. The van der Waals surface area contributed by atoms with Gasteiger partial charge in [-0.3, -0.25) is 4.79 Å². The topological polar surface area (TPSA) is 63.2 Å². The van der Waals surface area contributed by atoms with Crippen LogP contribution in [0.2, 0.25) is 0 Å². The Balaban J connectivity index is 1.57. The molecule has 1 aromatic heterocycles. The fourth-order valence-electron chi connectivity index (χ4n) is 2.95. The predicted octanol–water partition coefficient (Wildman–Crippen LogP) is 4.61. The molecular formula is C23H25N3O2. The van der Waals surface area contributed by atoms with E-state index in [2.05, 4.69) is 21.7 Å². The van der Waals surface area contributed by atoms with Crippen LogP contribution in [0.1, 0.15) is 27.0 Å². The zero-order valence-electron chi connectivity index (χ0n) is 16.5. The van der Waals surface area contributed by atoms with E-state index < -0.39 is 0 Å². The number of pyridine rings is 1. The first kappa shape index (κ1) is 19.4. The molecule has 0 saturated heterocycles. The van der Waals surface area contributed by atoms with Gasteiger partial charge in [0.15, 0.2) is 0 Å². The third kappa shape index (κ3) is 4.68. The number of aromatic nitrogens is 1. The molecule has 0 bridgehead atoms. The Hall–Kier alpha value is -3.34. The number of carbonyl (C=O) groups excluding carboxylic acids is 1. The number of nitrogens with zero attached hydrogens (tertiary/aromatic N) is 1. The Kier molecular flexibility index (Phi) is 6.27. The summed E-state index contributed by atoms with van der Waals surface area (Å²) < 4.78 is 5.37. The SMILES string of the molecule is COc1ccccc1CCNc1ccc(C(=O)Nc2cccc(C)c2C)cn1. The van der Waals surface area contributed by atoms with E-state index in [1.54, 1.807) is 19.4 Å². The lowest BCUT2D eigenvalue weighted by Crippen LogP contribution is -2.14. The number of nitrogens with one attached hydrogen (secondary N) is 2. The molecule has 3 aromatic rings. The number of methoxy groups -OCH3 is 1. The quantitative estimate of drug-likeness (QED) is 0.633. The van der Waals surface area contributed by atoms with Gasteiger partial charge in [0, 0.05) is 18.4 Å². The lowest BCUT2D eigenvalue weighted by molar-refractivity contribution is 0.102. The first-order valence-electron chi connectivity index (χ1n) is 9.28. The Morgan fingerprint density at radius 2 is 1.86 bits per heavy atom. The maximum atomic E-state index is 12.5. The van der Waals surface area contributed by atoms with E-state index in [4.69, 9.17) is 4.74 Å². The Morgan fingerprint density at radius 1 is 1.04 bits per heavy atom. The van der Waals surface area contributed by atoms with Gasteiger partial charge in [0.05, 0.1) is 12.7 Å². The average molecular weight is 375 g/mol. The Morgan fingerprint density at radius 3 is 2.61 bits per heavy atom. The van der Waals surface area contributed by atoms with Crippen molar-refractivity contribution >= 4 is 17.4 Å². The van der Waals surface area contributed by atoms with E-state index in [-0.39, 0.29) is 5.91 Å². The van der Waals surface area contributed by atoms with E-state index in [9.17, 15) is 4.79 Å². The fourth-order valence-corrected chi connectivity index (χ4v) is 2.95. The number of rotatable bonds is 7. The van der Waals surface area contributed by atoms with Crippen molar-refractivity contribution in [3.63, 3.8) is 0 Å². The molecule has 2 N–H and O–H groups in total. The zero-order valence-corrected chi connectivity index (χ0v) is 16.5. The van der Waals surface area contributed by atoms with Crippen molar-refractivity contribution in [1.82, 2.24) is 4.98 Å². The van der Waals surface area contributed by atoms with Crippen LogP contribution in [0.25, 0.3) is 0 Å². The van der Waals surface area contributed by atoms with Gasteiger partial charge in [0.2, 0.25) is 0 Å². The summed E-state index contributed by atoms with van der Waals surface area (Å²) in [5.41, 5.74) is 4.70. The van der Waals surface area contributed by atoms with Gasteiger partial charge >= 0.3 is 0 Å². The van der Waals surface area contributed by atoms with Crippen LogP contribution in [0.3, 0.4) is 0 Å². The summed E-state index contributed by atoms with van der Waals surface area (Å²) in [5.74, 6) is 1.45. The number of anilines is 2. The highest BCUT2D eigenvalue weighted by Gasteiger charge is 2.09. The molecule has 0 atom stereocenters. The molecule has 1 heterocycles. The van der Waals surface area contributed by atoms with Gasteiger partial charge in [-0.2, -0.15) is 0 Å². The third-order valence-electron chi connectivity index (χ3n) is 4.77. The number of amides is 1. The molecule has 0 radical (unpaired) electrons. The molecule has 1 amide bonds. The van der Waals surface area contributed by atoms with E-state index in [1.165, 1.54) is 0 Å². The van der Waals surface area contributed by atoms with E-state index >= 15 is 0 Å². The minimum Gasteiger partial charge on any atom is -0.496 e. The molecule has 5 nitrogen and oxygen atoms in total. The first-order chi connectivity index (χ1) is 13.6. The summed E-state index contributed by atoms with van der Waals surface area (Å²) in [4.78, 5) is 16.8. The smallest absolute Gasteiger partial charge is 0.257 e. The number of hydrogen-bond donors (Lipinski definition) is 2. The molecule has 144 valence electrons. The number of ether oxygens (including phenoxy) is 1. The average Bonchev–Trinajstić information content (AvgIpc) is 2.72. The number of para-hydroxylation sites is 1. The van der Waals surface area contributed by atoms with Crippen LogP contribution in [0.15, 0.2) is 60.8 Å². The van der Waals surface area contributed by atoms with Gasteiger partial charge in [-0.05, 0) is 61.2 Å². The maximum absolute atomic E-state index is 12.5. The van der Waals surface area contributed by atoms with Crippen LogP contribution in [0.4, 0.5) is 11.5 Å². The van der Waals surface area contributed by atoms with Gasteiger partial charge in [0.1, 0.15) is 11.6 Å². The maximum Gasteiger partial charge on any atom is 0.257 e. The lowest BCUT2D eigenvalue weighted by Gasteiger charge is -2.11. The van der Waals surface area contributed by atoms with Gasteiger partial charge in [-0.15, -0.1) is 0 Å². The minimum atomic E-state index is -0.165. The van der Waals surface area contributed by atoms with Crippen LogP contribution in [0, 0.1) is 13.8 Å². The molecule has 0 unspecified atom stereocenters. The van der Waals surface area contributed by atoms with Crippen LogP contribution in [-0.4, -0.2) is 24.5 Å². The molecule has 3 rings (SSSR count).